The Morgan fingerprint density at radius 3 is 3.08 bits per heavy atom. The second kappa shape index (κ2) is 7.59. The van der Waals surface area contributed by atoms with Gasteiger partial charge in [-0.25, -0.2) is 0 Å². The molecule has 0 spiro atoms. The highest BCUT2D eigenvalue weighted by atomic mass is 16.5. The van der Waals surface area contributed by atoms with Crippen LogP contribution in [-0.2, 0) is 20.7 Å². The molecule has 132 valence electrons. The molecular weight excluding hydrogens is 308 g/mol. The third-order valence-electron chi connectivity index (χ3n) is 5.38. The number of hydrogen-bond donors (Lipinski definition) is 1. The van der Waals surface area contributed by atoms with Crippen LogP contribution < -0.4 is 0 Å². The van der Waals surface area contributed by atoms with Crippen LogP contribution in [0, 0.1) is 0 Å². The van der Waals surface area contributed by atoms with Crippen LogP contribution in [0.4, 0.5) is 0 Å². The maximum Gasteiger partial charge on any atom is 0.227 e. The molecule has 1 aliphatic carbocycles. The lowest BCUT2D eigenvalue weighted by Gasteiger charge is -2.43. The van der Waals surface area contributed by atoms with Crippen molar-refractivity contribution >= 4 is 5.91 Å². The van der Waals surface area contributed by atoms with Gasteiger partial charge in [0.2, 0.25) is 5.91 Å². The zero-order valence-corrected chi connectivity index (χ0v) is 14.2. The first-order chi connectivity index (χ1) is 11.7. The van der Waals surface area contributed by atoms with Crippen molar-refractivity contribution in [3.63, 3.8) is 0 Å². The van der Waals surface area contributed by atoms with Gasteiger partial charge in [0, 0.05) is 26.0 Å². The Kier molecular flexibility index (Phi) is 5.48. The summed E-state index contributed by atoms with van der Waals surface area (Å²) in [5.74, 6) is 0.120. The molecule has 24 heavy (non-hydrogen) atoms. The van der Waals surface area contributed by atoms with Gasteiger partial charge in [0.1, 0.15) is 0 Å². The number of likely N-dealkylation sites (tertiary alicyclic amines) is 1. The molecule has 1 saturated carbocycles. The van der Waals surface area contributed by atoms with E-state index in [4.69, 9.17) is 14.6 Å². The molecule has 1 aromatic heterocycles. The number of aliphatic hydroxyl groups excluding tert-OH is 1. The molecule has 6 heteroatoms. The van der Waals surface area contributed by atoms with Crippen LogP contribution in [0.25, 0.3) is 0 Å². The van der Waals surface area contributed by atoms with Gasteiger partial charge in [-0.15, -0.1) is 0 Å². The molecule has 1 aliphatic heterocycles. The van der Waals surface area contributed by atoms with Crippen LogP contribution in [0.1, 0.15) is 31.2 Å². The van der Waals surface area contributed by atoms with Crippen LogP contribution in [0.3, 0.4) is 0 Å². The topological polar surface area (TPSA) is 71.9 Å². The minimum Gasteiger partial charge on any atom is -0.394 e. The van der Waals surface area contributed by atoms with Crippen molar-refractivity contribution in [2.75, 3.05) is 26.9 Å². The predicted molar refractivity (Wildman–Crippen MR) is 88.5 cm³/mol. The van der Waals surface area contributed by atoms with E-state index >= 15 is 0 Å². The van der Waals surface area contributed by atoms with Crippen molar-refractivity contribution in [3.05, 3.63) is 30.1 Å². The van der Waals surface area contributed by atoms with E-state index in [1.165, 1.54) is 0 Å². The van der Waals surface area contributed by atoms with Crippen molar-refractivity contribution in [2.45, 2.75) is 49.9 Å². The first-order valence-electron chi connectivity index (χ1n) is 8.64. The van der Waals surface area contributed by atoms with Crippen molar-refractivity contribution in [2.24, 2.45) is 0 Å². The lowest BCUT2D eigenvalue weighted by molar-refractivity contribution is -0.141. The van der Waals surface area contributed by atoms with Gasteiger partial charge >= 0.3 is 0 Å². The van der Waals surface area contributed by atoms with Gasteiger partial charge < -0.3 is 19.5 Å². The molecule has 2 heterocycles. The second-order valence-electron chi connectivity index (χ2n) is 6.65. The molecule has 1 aromatic rings. The van der Waals surface area contributed by atoms with E-state index in [9.17, 15) is 4.79 Å². The number of amides is 1. The van der Waals surface area contributed by atoms with Crippen LogP contribution in [-0.4, -0.2) is 65.5 Å². The number of fused-ring (bicyclic) bond motifs is 1. The van der Waals surface area contributed by atoms with Gasteiger partial charge in [0.15, 0.2) is 0 Å². The largest absolute Gasteiger partial charge is 0.394 e. The lowest BCUT2D eigenvalue weighted by Crippen LogP contribution is -2.53. The summed E-state index contributed by atoms with van der Waals surface area (Å²) >= 11 is 0. The number of ether oxygens (including phenoxy) is 2. The maximum atomic E-state index is 12.8. The molecule has 2 aliphatic rings. The van der Waals surface area contributed by atoms with E-state index < -0.39 is 0 Å². The van der Waals surface area contributed by atoms with Crippen molar-refractivity contribution in [1.82, 2.24) is 9.88 Å². The van der Waals surface area contributed by atoms with Gasteiger partial charge in [0.25, 0.3) is 0 Å². The number of nitrogens with zero attached hydrogens (tertiary/aromatic N) is 2. The number of carbonyl (C=O) groups excluding carboxylic acids is 1. The average molecular weight is 334 g/mol. The normalized spacial score (nSPS) is 29.5. The Labute approximate surface area is 142 Å². The number of methoxy groups -OCH3 is 1. The summed E-state index contributed by atoms with van der Waals surface area (Å²) < 4.78 is 11.6. The summed E-state index contributed by atoms with van der Waals surface area (Å²) in [5, 5.41) is 8.97. The second-order valence-corrected chi connectivity index (χ2v) is 6.65. The summed E-state index contributed by atoms with van der Waals surface area (Å²) in [4.78, 5) is 18.9. The van der Waals surface area contributed by atoms with Crippen LogP contribution in [0.15, 0.2) is 24.5 Å². The van der Waals surface area contributed by atoms with Crippen molar-refractivity contribution in [1.29, 1.82) is 0 Å². The van der Waals surface area contributed by atoms with Gasteiger partial charge in [-0.05, 0) is 37.3 Å². The fourth-order valence-electron chi connectivity index (χ4n) is 4.11. The number of aromatic nitrogens is 1. The average Bonchev–Trinajstić information content (AvgIpc) is 3.00. The molecule has 1 saturated heterocycles. The van der Waals surface area contributed by atoms with Crippen molar-refractivity contribution in [3.8, 4) is 0 Å². The summed E-state index contributed by atoms with van der Waals surface area (Å²) in [5.41, 5.74) is 0.685. The monoisotopic (exact) mass is 334 g/mol. The molecule has 3 atom stereocenters. The van der Waals surface area contributed by atoms with E-state index in [2.05, 4.69) is 4.98 Å². The summed E-state index contributed by atoms with van der Waals surface area (Å²) in [6.07, 6.45) is 7.35. The molecule has 1 amide bonds. The maximum absolute atomic E-state index is 12.8. The first kappa shape index (κ1) is 17.3. The Bertz CT molecular complexity index is 553. The number of pyridine rings is 1. The lowest BCUT2D eigenvalue weighted by atomic mass is 9.79. The number of carbonyl (C=O) groups is 1. The van der Waals surface area contributed by atoms with E-state index in [0.29, 0.717) is 13.0 Å². The molecule has 0 radical (unpaired) electrons. The van der Waals surface area contributed by atoms with Crippen molar-refractivity contribution < 1.29 is 19.4 Å². The van der Waals surface area contributed by atoms with Gasteiger partial charge in [-0.1, -0.05) is 6.07 Å². The molecule has 6 nitrogen and oxygen atoms in total. The van der Waals surface area contributed by atoms with E-state index in [1.54, 1.807) is 19.5 Å². The standard InChI is InChI=1S/C18H26N2O4/c1-23-18-5-4-15(24-10-9-21)12-16(18)20(8-6-18)17(22)11-14-3-2-7-19-13-14/h2-3,7,13,15-16,21H,4-6,8-12H2,1H3/t15-,16+,18-/m1/s1. The SMILES string of the molecule is CO[C@@]12CC[C@@H](OCCO)C[C@@H]1N(C(=O)Cc1cccnc1)CC2. The highest BCUT2D eigenvalue weighted by Gasteiger charge is 2.52. The minimum absolute atomic E-state index is 0.0280. The highest BCUT2D eigenvalue weighted by Crippen LogP contribution is 2.43. The number of aliphatic hydroxyl groups is 1. The third kappa shape index (κ3) is 3.45. The van der Waals surface area contributed by atoms with Gasteiger partial charge in [0.05, 0.1) is 37.4 Å². The summed E-state index contributed by atoms with van der Waals surface area (Å²) in [6, 6.07) is 3.83. The molecule has 0 unspecified atom stereocenters. The van der Waals surface area contributed by atoms with Crippen LogP contribution in [0.2, 0.25) is 0 Å². The van der Waals surface area contributed by atoms with Crippen LogP contribution in [0.5, 0.6) is 0 Å². The van der Waals surface area contributed by atoms with E-state index in [-0.39, 0.29) is 30.3 Å². The van der Waals surface area contributed by atoms with Gasteiger partial charge in [-0.3, -0.25) is 9.78 Å². The Morgan fingerprint density at radius 2 is 2.38 bits per heavy atom. The molecule has 0 bridgehead atoms. The molecule has 0 aromatic carbocycles. The first-order valence-corrected chi connectivity index (χ1v) is 8.64. The third-order valence-corrected chi connectivity index (χ3v) is 5.38. The fraction of sp³-hybridized carbons (Fsp3) is 0.667. The summed E-state index contributed by atoms with van der Waals surface area (Å²) in [7, 11) is 1.75. The Morgan fingerprint density at radius 1 is 1.50 bits per heavy atom. The molecule has 1 N–H and O–H groups in total. The zero-order valence-electron chi connectivity index (χ0n) is 14.2. The number of rotatable bonds is 6. The fourth-order valence-corrected chi connectivity index (χ4v) is 4.11. The predicted octanol–water partition coefficient (Wildman–Crippen LogP) is 1.17. The van der Waals surface area contributed by atoms with Crippen LogP contribution >= 0.6 is 0 Å². The van der Waals surface area contributed by atoms with E-state index in [1.807, 2.05) is 17.0 Å². The summed E-state index contributed by atoms with van der Waals surface area (Å²) in [6.45, 7) is 1.10. The Balaban J connectivity index is 1.70. The van der Waals surface area contributed by atoms with Gasteiger partial charge in [-0.2, -0.15) is 0 Å². The minimum atomic E-state index is -0.246. The smallest absolute Gasteiger partial charge is 0.227 e. The molecular formula is C18H26N2O4. The quantitative estimate of drug-likeness (QED) is 0.845. The molecule has 2 fully saturated rings. The van der Waals surface area contributed by atoms with E-state index in [0.717, 1.165) is 37.8 Å². The number of hydrogen-bond acceptors (Lipinski definition) is 5. The highest BCUT2D eigenvalue weighted by molar-refractivity contribution is 5.79. The Hall–Kier alpha value is -1.50. The molecule has 3 rings (SSSR count). The zero-order chi connectivity index (χ0) is 17.0.